The first-order valence-corrected chi connectivity index (χ1v) is 7.03. The summed E-state index contributed by atoms with van der Waals surface area (Å²) in [5, 5.41) is 12.7. The number of amides is 1. The van der Waals surface area contributed by atoms with Crippen LogP contribution in [0.4, 0.5) is 0 Å². The third-order valence-corrected chi connectivity index (χ3v) is 3.53. The van der Waals surface area contributed by atoms with Crippen LogP contribution in [0.2, 0.25) is 0 Å². The average Bonchev–Trinajstić information content (AvgIpc) is 2.84. The van der Waals surface area contributed by atoms with E-state index in [1.54, 1.807) is 23.6 Å². The quantitative estimate of drug-likeness (QED) is 0.904. The summed E-state index contributed by atoms with van der Waals surface area (Å²) >= 11 is 1.56. The van der Waals surface area contributed by atoms with E-state index in [2.05, 4.69) is 20.5 Å². The van der Waals surface area contributed by atoms with Crippen molar-refractivity contribution in [1.82, 2.24) is 20.5 Å². The molecule has 0 aliphatic carbocycles. The van der Waals surface area contributed by atoms with Crippen molar-refractivity contribution in [2.75, 3.05) is 6.54 Å². The number of aryl methyl sites for hydroxylation is 2. The molecule has 2 aromatic rings. The van der Waals surface area contributed by atoms with Gasteiger partial charge >= 0.3 is 0 Å². The standard InChI is InChI=1S/C13H16N4OS/c1-3-11-8-10(4-6-14-11)13(18)15-7-5-12-17-16-9(2)19-12/h4,6,8H,3,5,7H2,1-2H3,(H,15,18). The first kappa shape index (κ1) is 13.6. The van der Waals surface area contributed by atoms with E-state index in [0.29, 0.717) is 18.5 Å². The molecule has 1 amide bonds. The number of carbonyl (C=O) groups excluding carboxylic acids is 1. The molecule has 100 valence electrons. The second-order valence-corrected chi connectivity index (χ2v) is 5.38. The first-order valence-electron chi connectivity index (χ1n) is 6.21. The van der Waals surface area contributed by atoms with Gasteiger partial charge in [-0.05, 0) is 25.5 Å². The van der Waals surface area contributed by atoms with E-state index in [1.165, 1.54) is 0 Å². The summed E-state index contributed by atoms with van der Waals surface area (Å²) in [5.41, 5.74) is 1.58. The molecule has 0 saturated carbocycles. The number of pyridine rings is 1. The van der Waals surface area contributed by atoms with E-state index in [9.17, 15) is 4.79 Å². The van der Waals surface area contributed by atoms with Crippen molar-refractivity contribution in [3.63, 3.8) is 0 Å². The van der Waals surface area contributed by atoms with Gasteiger partial charge in [0.1, 0.15) is 10.0 Å². The van der Waals surface area contributed by atoms with Crippen LogP contribution in [-0.4, -0.2) is 27.6 Å². The normalized spacial score (nSPS) is 10.4. The first-order chi connectivity index (χ1) is 9.19. The van der Waals surface area contributed by atoms with E-state index in [4.69, 9.17) is 0 Å². The van der Waals surface area contributed by atoms with E-state index in [1.807, 2.05) is 19.9 Å². The van der Waals surface area contributed by atoms with Crippen molar-refractivity contribution in [2.24, 2.45) is 0 Å². The number of hydrogen-bond acceptors (Lipinski definition) is 5. The van der Waals surface area contributed by atoms with Gasteiger partial charge in [0.05, 0.1) is 0 Å². The SMILES string of the molecule is CCc1cc(C(=O)NCCc2nnc(C)s2)ccn1. The number of hydrogen-bond donors (Lipinski definition) is 1. The topological polar surface area (TPSA) is 67.8 Å². The van der Waals surface area contributed by atoms with Crippen LogP contribution in [-0.2, 0) is 12.8 Å². The number of carbonyl (C=O) groups is 1. The second-order valence-electron chi connectivity index (χ2n) is 4.11. The maximum absolute atomic E-state index is 11.9. The van der Waals surface area contributed by atoms with E-state index < -0.39 is 0 Å². The second kappa shape index (κ2) is 6.38. The molecule has 0 aliphatic rings. The molecule has 5 nitrogen and oxygen atoms in total. The molecule has 0 unspecified atom stereocenters. The maximum Gasteiger partial charge on any atom is 0.251 e. The molecule has 19 heavy (non-hydrogen) atoms. The fraction of sp³-hybridized carbons (Fsp3) is 0.385. The molecule has 0 atom stereocenters. The number of nitrogens with zero attached hydrogens (tertiary/aromatic N) is 3. The van der Waals surface area contributed by atoms with Crippen LogP contribution in [0.5, 0.6) is 0 Å². The molecule has 1 N–H and O–H groups in total. The zero-order valence-electron chi connectivity index (χ0n) is 11.0. The Balaban J connectivity index is 1.87. The van der Waals surface area contributed by atoms with Crippen LogP contribution in [0.25, 0.3) is 0 Å². The molecule has 0 aliphatic heterocycles. The van der Waals surface area contributed by atoms with Crippen LogP contribution in [0, 0.1) is 6.92 Å². The van der Waals surface area contributed by atoms with Gasteiger partial charge in [-0.25, -0.2) is 0 Å². The van der Waals surface area contributed by atoms with Gasteiger partial charge in [0.15, 0.2) is 0 Å². The molecule has 0 spiro atoms. The summed E-state index contributed by atoms with van der Waals surface area (Å²) in [6.07, 6.45) is 3.20. The van der Waals surface area contributed by atoms with Gasteiger partial charge in [-0.15, -0.1) is 21.5 Å². The van der Waals surface area contributed by atoms with Crippen molar-refractivity contribution < 1.29 is 4.79 Å². The Morgan fingerprint density at radius 3 is 2.95 bits per heavy atom. The highest BCUT2D eigenvalue weighted by molar-refractivity contribution is 7.11. The molecule has 2 heterocycles. The van der Waals surface area contributed by atoms with E-state index >= 15 is 0 Å². The minimum absolute atomic E-state index is 0.0710. The lowest BCUT2D eigenvalue weighted by molar-refractivity contribution is 0.0954. The lowest BCUT2D eigenvalue weighted by Gasteiger charge is -2.04. The fourth-order valence-electron chi connectivity index (χ4n) is 1.64. The zero-order chi connectivity index (χ0) is 13.7. The number of rotatable bonds is 5. The monoisotopic (exact) mass is 276 g/mol. The van der Waals surface area contributed by atoms with Gasteiger partial charge in [-0.3, -0.25) is 9.78 Å². The summed E-state index contributed by atoms with van der Waals surface area (Å²) in [6, 6.07) is 3.55. The predicted octanol–water partition coefficient (Wildman–Crippen LogP) is 1.78. The Bertz CT molecular complexity index is 567. The van der Waals surface area contributed by atoms with Crippen LogP contribution in [0.15, 0.2) is 18.3 Å². The zero-order valence-corrected chi connectivity index (χ0v) is 11.8. The third-order valence-electron chi connectivity index (χ3n) is 2.63. The van der Waals surface area contributed by atoms with Crippen LogP contribution < -0.4 is 5.32 Å². The molecular formula is C13H16N4OS. The van der Waals surface area contributed by atoms with Crippen LogP contribution >= 0.6 is 11.3 Å². The smallest absolute Gasteiger partial charge is 0.251 e. The van der Waals surface area contributed by atoms with Crippen molar-refractivity contribution in [3.8, 4) is 0 Å². The highest BCUT2D eigenvalue weighted by Gasteiger charge is 2.07. The molecule has 0 radical (unpaired) electrons. The van der Waals surface area contributed by atoms with Crippen molar-refractivity contribution in [3.05, 3.63) is 39.6 Å². The molecular weight excluding hydrogens is 260 g/mol. The summed E-state index contributed by atoms with van der Waals surface area (Å²) in [5.74, 6) is -0.0710. The molecule has 2 rings (SSSR count). The van der Waals surface area contributed by atoms with Crippen LogP contribution in [0.3, 0.4) is 0 Å². The van der Waals surface area contributed by atoms with Gasteiger partial charge in [-0.1, -0.05) is 6.92 Å². The van der Waals surface area contributed by atoms with Crippen molar-refractivity contribution >= 4 is 17.2 Å². The Hall–Kier alpha value is -1.82. The molecule has 0 bridgehead atoms. The maximum atomic E-state index is 11.9. The minimum Gasteiger partial charge on any atom is -0.352 e. The molecule has 2 aromatic heterocycles. The lowest BCUT2D eigenvalue weighted by Crippen LogP contribution is -2.25. The highest BCUT2D eigenvalue weighted by Crippen LogP contribution is 2.08. The van der Waals surface area contributed by atoms with E-state index in [-0.39, 0.29) is 5.91 Å². The Morgan fingerprint density at radius 2 is 2.26 bits per heavy atom. The largest absolute Gasteiger partial charge is 0.352 e. The summed E-state index contributed by atoms with van der Waals surface area (Å²) in [7, 11) is 0. The molecule has 6 heteroatoms. The van der Waals surface area contributed by atoms with Crippen LogP contribution in [0.1, 0.15) is 33.0 Å². The minimum atomic E-state index is -0.0710. The van der Waals surface area contributed by atoms with Gasteiger partial charge < -0.3 is 5.32 Å². The lowest BCUT2D eigenvalue weighted by atomic mass is 10.2. The molecule has 0 saturated heterocycles. The third kappa shape index (κ3) is 3.82. The summed E-state index contributed by atoms with van der Waals surface area (Å²) in [4.78, 5) is 16.1. The average molecular weight is 276 g/mol. The Morgan fingerprint density at radius 1 is 1.42 bits per heavy atom. The van der Waals surface area contributed by atoms with Gasteiger partial charge in [0.25, 0.3) is 5.91 Å². The highest BCUT2D eigenvalue weighted by atomic mass is 32.1. The van der Waals surface area contributed by atoms with Crippen molar-refractivity contribution in [1.29, 1.82) is 0 Å². The molecule has 0 aromatic carbocycles. The Kier molecular flexibility index (Phi) is 4.57. The number of aromatic nitrogens is 3. The van der Waals surface area contributed by atoms with Gasteiger partial charge in [-0.2, -0.15) is 0 Å². The van der Waals surface area contributed by atoms with E-state index in [0.717, 1.165) is 22.1 Å². The van der Waals surface area contributed by atoms with Gasteiger partial charge in [0, 0.05) is 30.4 Å². The Labute approximate surface area is 116 Å². The fourth-order valence-corrected chi connectivity index (χ4v) is 2.34. The van der Waals surface area contributed by atoms with Gasteiger partial charge in [0.2, 0.25) is 0 Å². The number of nitrogens with one attached hydrogen (secondary N) is 1. The predicted molar refractivity (Wildman–Crippen MR) is 74.3 cm³/mol. The van der Waals surface area contributed by atoms with Crippen molar-refractivity contribution in [2.45, 2.75) is 26.7 Å². The summed E-state index contributed by atoms with van der Waals surface area (Å²) in [6.45, 7) is 4.50. The summed E-state index contributed by atoms with van der Waals surface area (Å²) < 4.78 is 0. The molecule has 0 fully saturated rings.